The standard InChI is InChI=1S/C14H23NO3/c1-3-9-15(10-4-2)13(16)11-7-5-6-8-12(11)14(17)18/h3,11-12H,1,4-10H2,2H3,(H,17,18). The molecular formula is C14H23NO3. The third kappa shape index (κ3) is 3.59. The van der Waals surface area contributed by atoms with Crippen LogP contribution in [0.1, 0.15) is 39.0 Å². The molecular weight excluding hydrogens is 230 g/mol. The number of carboxylic acid groups (broad SMARTS) is 1. The van der Waals surface area contributed by atoms with Crippen LogP contribution < -0.4 is 0 Å². The van der Waals surface area contributed by atoms with Gasteiger partial charge in [-0.2, -0.15) is 0 Å². The number of amides is 1. The lowest BCUT2D eigenvalue weighted by Gasteiger charge is -2.32. The van der Waals surface area contributed by atoms with Crippen LogP contribution in [0.5, 0.6) is 0 Å². The summed E-state index contributed by atoms with van der Waals surface area (Å²) >= 11 is 0. The summed E-state index contributed by atoms with van der Waals surface area (Å²) < 4.78 is 0. The average molecular weight is 253 g/mol. The molecule has 0 spiro atoms. The second-order valence-corrected chi connectivity index (χ2v) is 4.91. The van der Waals surface area contributed by atoms with E-state index in [9.17, 15) is 14.7 Å². The summed E-state index contributed by atoms with van der Waals surface area (Å²) in [5.41, 5.74) is 0. The van der Waals surface area contributed by atoms with Gasteiger partial charge in [0.1, 0.15) is 0 Å². The van der Waals surface area contributed by atoms with Crippen molar-refractivity contribution in [2.75, 3.05) is 13.1 Å². The van der Waals surface area contributed by atoms with Gasteiger partial charge in [-0.05, 0) is 19.3 Å². The van der Waals surface area contributed by atoms with Crippen LogP contribution in [0.2, 0.25) is 0 Å². The molecule has 0 saturated heterocycles. The smallest absolute Gasteiger partial charge is 0.307 e. The topological polar surface area (TPSA) is 57.6 Å². The highest BCUT2D eigenvalue weighted by Gasteiger charge is 2.37. The SMILES string of the molecule is C=CCN(CCC)C(=O)C1CCCCC1C(=O)O. The number of aliphatic carboxylic acids is 1. The van der Waals surface area contributed by atoms with Crippen molar-refractivity contribution in [3.63, 3.8) is 0 Å². The van der Waals surface area contributed by atoms with Crippen LogP contribution in [-0.2, 0) is 9.59 Å². The van der Waals surface area contributed by atoms with Crippen molar-refractivity contribution in [3.05, 3.63) is 12.7 Å². The van der Waals surface area contributed by atoms with Crippen molar-refractivity contribution in [2.24, 2.45) is 11.8 Å². The Morgan fingerprint density at radius 1 is 1.33 bits per heavy atom. The average Bonchev–Trinajstić information content (AvgIpc) is 2.37. The van der Waals surface area contributed by atoms with Gasteiger partial charge in [-0.3, -0.25) is 9.59 Å². The predicted molar refractivity (Wildman–Crippen MR) is 70.2 cm³/mol. The molecule has 102 valence electrons. The van der Waals surface area contributed by atoms with E-state index in [1.807, 2.05) is 6.92 Å². The maximum Gasteiger partial charge on any atom is 0.307 e. The highest BCUT2D eigenvalue weighted by Crippen LogP contribution is 2.31. The number of carboxylic acids is 1. The van der Waals surface area contributed by atoms with E-state index in [-0.39, 0.29) is 11.8 Å². The molecule has 0 aliphatic heterocycles. The maximum absolute atomic E-state index is 12.4. The van der Waals surface area contributed by atoms with Crippen LogP contribution >= 0.6 is 0 Å². The Labute approximate surface area is 109 Å². The normalized spacial score (nSPS) is 23.4. The molecule has 0 bridgehead atoms. The third-order valence-corrected chi connectivity index (χ3v) is 3.56. The van der Waals surface area contributed by atoms with Gasteiger partial charge in [-0.1, -0.05) is 25.8 Å². The number of nitrogens with zero attached hydrogens (tertiary/aromatic N) is 1. The molecule has 0 radical (unpaired) electrons. The Hall–Kier alpha value is -1.32. The van der Waals surface area contributed by atoms with Crippen LogP contribution in [0.15, 0.2) is 12.7 Å². The minimum atomic E-state index is -0.830. The Morgan fingerprint density at radius 2 is 1.94 bits per heavy atom. The predicted octanol–water partition coefficient (Wildman–Crippen LogP) is 2.30. The minimum Gasteiger partial charge on any atom is -0.481 e. The zero-order valence-corrected chi connectivity index (χ0v) is 11.1. The molecule has 0 heterocycles. The van der Waals surface area contributed by atoms with Crippen LogP contribution in [0.25, 0.3) is 0 Å². The number of hydrogen-bond acceptors (Lipinski definition) is 2. The highest BCUT2D eigenvalue weighted by atomic mass is 16.4. The van der Waals surface area contributed by atoms with Gasteiger partial charge in [0.15, 0.2) is 0 Å². The number of carbonyl (C=O) groups excluding carboxylic acids is 1. The van der Waals surface area contributed by atoms with Crippen LogP contribution in [0, 0.1) is 11.8 Å². The summed E-state index contributed by atoms with van der Waals surface area (Å²) in [4.78, 5) is 25.4. The molecule has 1 amide bonds. The Bertz CT molecular complexity index is 314. The van der Waals surface area contributed by atoms with Gasteiger partial charge in [-0.15, -0.1) is 6.58 Å². The molecule has 2 atom stereocenters. The Kier molecular flexibility index (Phi) is 5.89. The van der Waals surface area contributed by atoms with Gasteiger partial charge in [0.2, 0.25) is 5.91 Å². The number of rotatable bonds is 6. The third-order valence-electron chi connectivity index (χ3n) is 3.56. The zero-order chi connectivity index (χ0) is 13.5. The van der Waals surface area contributed by atoms with E-state index in [0.717, 1.165) is 19.3 Å². The maximum atomic E-state index is 12.4. The molecule has 4 nitrogen and oxygen atoms in total. The van der Waals surface area contributed by atoms with E-state index >= 15 is 0 Å². The molecule has 0 aromatic rings. The molecule has 1 aliphatic rings. The van der Waals surface area contributed by atoms with E-state index < -0.39 is 11.9 Å². The molecule has 1 fully saturated rings. The molecule has 1 N–H and O–H groups in total. The summed E-state index contributed by atoms with van der Waals surface area (Å²) in [6, 6.07) is 0. The van der Waals surface area contributed by atoms with E-state index in [1.54, 1.807) is 11.0 Å². The van der Waals surface area contributed by atoms with Crippen molar-refractivity contribution in [1.29, 1.82) is 0 Å². The van der Waals surface area contributed by atoms with Crippen molar-refractivity contribution < 1.29 is 14.7 Å². The fourth-order valence-electron chi connectivity index (χ4n) is 2.67. The van der Waals surface area contributed by atoms with Crippen molar-refractivity contribution in [1.82, 2.24) is 4.90 Å². The van der Waals surface area contributed by atoms with Crippen molar-refractivity contribution in [2.45, 2.75) is 39.0 Å². The molecule has 4 heteroatoms. The lowest BCUT2D eigenvalue weighted by molar-refractivity contribution is -0.152. The first-order chi connectivity index (χ1) is 8.61. The lowest BCUT2D eigenvalue weighted by atomic mass is 9.78. The fourth-order valence-corrected chi connectivity index (χ4v) is 2.67. The number of hydrogen-bond donors (Lipinski definition) is 1. The Morgan fingerprint density at radius 3 is 2.44 bits per heavy atom. The molecule has 2 unspecified atom stereocenters. The second kappa shape index (κ2) is 7.19. The van der Waals surface area contributed by atoms with Gasteiger partial charge < -0.3 is 10.0 Å². The first-order valence-electron chi connectivity index (χ1n) is 6.74. The lowest BCUT2D eigenvalue weighted by Crippen LogP contribution is -2.42. The van der Waals surface area contributed by atoms with Gasteiger partial charge in [-0.25, -0.2) is 0 Å². The summed E-state index contributed by atoms with van der Waals surface area (Å²) in [6.07, 6.45) is 5.77. The summed E-state index contributed by atoms with van der Waals surface area (Å²) in [5.74, 6) is -1.69. The van der Waals surface area contributed by atoms with Crippen LogP contribution in [-0.4, -0.2) is 35.0 Å². The van der Waals surface area contributed by atoms with Gasteiger partial charge >= 0.3 is 5.97 Å². The quantitative estimate of drug-likeness (QED) is 0.739. The summed E-state index contributed by atoms with van der Waals surface area (Å²) in [5, 5.41) is 9.21. The van der Waals surface area contributed by atoms with E-state index in [0.29, 0.717) is 25.9 Å². The summed E-state index contributed by atoms with van der Waals surface area (Å²) in [7, 11) is 0. The van der Waals surface area contributed by atoms with Crippen LogP contribution in [0.3, 0.4) is 0 Å². The minimum absolute atomic E-state index is 0.0103. The monoisotopic (exact) mass is 253 g/mol. The van der Waals surface area contributed by atoms with Crippen molar-refractivity contribution >= 4 is 11.9 Å². The highest BCUT2D eigenvalue weighted by molar-refractivity contribution is 5.85. The van der Waals surface area contributed by atoms with E-state index in [1.165, 1.54) is 0 Å². The summed E-state index contributed by atoms with van der Waals surface area (Å²) in [6.45, 7) is 6.85. The van der Waals surface area contributed by atoms with Crippen LogP contribution in [0.4, 0.5) is 0 Å². The molecule has 18 heavy (non-hydrogen) atoms. The fraction of sp³-hybridized carbons (Fsp3) is 0.714. The van der Waals surface area contributed by atoms with E-state index in [2.05, 4.69) is 6.58 Å². The first-order valence-corrected chi connectivity index (χ1v) is 6.74. The number of carbonyl (C=O) groups is 2. The largest absolute Gasteiger partial charge is 0.481 e. The molecule has 1 saturated carbocycles. The zero-order valence-electron chi connectivity index (χ0n) is 11.1. The second-order valence-electron chi connectivity index (χ2n) is 4.91. The molecule has 1 rings (SSSR count). The molecule has 0 aromatic carbocycles. The van der Waals surface area contributed by atoms with Crippen molar-refractivity contribution in [3.8, 4) is 0 Å². The molecule has 1 aliphatic carbocycles. The van der Waals surface area contributed by atoms with Gasteiger partial charge in [0.05, 0.1) is 11.8 Å². The first kappa shape index (κ1) is 14.7. The van der Waals surface area contributed by atoms with Gasteiger partial charge in [0, 0.05) is 13.1 Å². The molecule has 0 aromatic heterocycles. The van der Waals surface area contributed by atoms with Gasteiger partial charge in [0.25, 0.3) is 0 Å². The Balaban J connectivity index is 2.76. The van der Waals surface area contributed by atoms with E-state index in [4.69, 9.17) is 0 Å².